The van der Waals surface area contributed by atoms with E-state index in [1.165, 1.54) is 28.8 Å². The molecule has 4 amide bonds. The van der Waals surface area contributed by atoms with Crippen LogP contribution in [0.1, 0.15) is 18.4 Å². The van der Waals surface area contributed by atoms with Crippen LogP contribution in [0.4, 0.5) is 9.18 Å². The number of thioether (sulfide) groups is 1. The monoisotopic (exact) mass is 381 g/mol. The summed E-state index contributed by atoms with van der Waals surface area (Å²) in [5.41, 5.74) is 5.54. The van der Waals surface area contributed by atoms with Gasteiger partial charge in [-0.1, -0.05) is 12.1 Å². The van der Waals surface area contributed by atoms with Gasteiger partial charge in [-0.3, -0.25) is 14.9 Å². The first kappa shape index (κ1) is 18.2. The Kier molecular flexibility index (Phi) is 4.86. The van der Waals surface area contributed by atoms with Crippen molar-refractivity contribution in [3.63, 3.8) is 0 Å². The Morgan fingerprint density at radius 2 is 2.04 bits per heavy atom. The minimum atomic E-state index is -1.05. The summed E-state index contributed by atoms with van der Waals surface area (Å²) in [5.74, 6) is -1.90. The van der Waals surface area contributed by atoms with Crippen molar-refractivity contribution in [2.75, 3.05) is 12.4 Å². The van der Waals surface area contributed by atoms with Crippen molar-refractivity contribution < 1.29 is 28.3 Å². The van der Waals surface area contributed by atoms with Crippen LogP contribution in [0.25, 0.3) is 0 Å². The Morgan fingerprint density at radius 1 is 1.35 bits per heavy atom. The molecule has 1 aromatic carbocycles. The number of ether oxygens (including phenoxy) is 1. The molecule has 0 aromatic heterocycles. The van der Waals surface area contributed by atoms with E-state index in [2.05, 4.69) is 0 Å². The van der Waals surface area contributed by atoms with E-state index in [4.69, 9.17) is 10.5 Å². The number of fused-ring (bicyclic) bond motifs is 1. The predicted molar refractivity (Wildman–Crippen MR) is 89.1 cm³/mol. The molecule has 138 valence electrons. The minimum Gasteiger partial charge on any atom is -0.454 e. The van der Waals surface area contributed by atoms with E-state index in [-0.39, 0.29) is 18.1 Å². The number of hydrogen-bond donors (Lipinski definition) is 2. The highest BCUT2D eigenvalue weighted by Crippen LogP contribution is 2.54. The second-order valence-electron chi connectivity index (χ2n) is 5.90. The average molecular weight is 381 g/mol. The number of benzene rings is 1. The summed E-state index contributed by atoms with van der Waals surface area (Å²) < 4.78 is 18.2. The summed E-state index contributed by atoms with van der Waals surface area (Å²) in [6, 6.07) is 3.91. The van der Waals surface area contributed by atoms with Crippen LogP contribution in [-0.4, -0.2) is 47.1 Å². The zero-order valence-corrected chi connectivity index (χ0v) is 14.4. The fourth-order valence-corrected chi connectivity index (χ4v) is 4.87. The Balaban J connectivity index is 1.75. The van der Waals surface area contributed by atoms with Gasteiger partial charge in [-0.15, -0.1) is 11.8 Å². The number of amides is 4. The van der Waals surface area contributed by atoms with Crippen molar-refractivity contribution >= 4 is 35.6 Å². The molecular formula is C16H16FN3O5S. The van der Waals surface area contributed by atoms with Crippen LogP contribution in [0.15, 0.2) is 24.3 Å². The van der Waals surface area contributed by atoms with Crippen LogP contribution >= 0.6 is 11.8 Å². The van der Waals surface area contributed by atoms with Crippen molar-refractivity contribution in [3.8, 4) is 0 Å². The Labute approximate surface area is 152 Å². The maximum absolute atomic E-state index is 13.2. The molecule has 2 saturated heterocycles. The van der Waals surface area contributed by atoms with Crippen LogP contribution < -0.4 is 11.1 Å². The standard InChI is InChI=1S/C16H16FN3O5S/c17-10-3-1-9(2-4-10)16-6-5-13(22)20(16)11(8-26-16)14(23)25-7-12(21)19-15(18)24/h1-4,11H,5-8H2,(H3,18,19,21,24)/t11-,16-/m0/s1. The maximum Gasteiger partial charge on any atom is 0.330 e. The van der Waals surface area contributed by atoms with Crippen molar-refractivity contribution in [1.82, 2.24) is 10.2 Å². The van der Waals surface area contributed by atoms with Crippen molar-refractivity contribution in [1.29, 1.82) is 0 Å². The minimum absolute atomic E-state index is 0.206. The molecule has 2 heterocycles. The van der Waals surface area contributed by atoms with Gasteiger partial charge in [-0.2, -0.15) is 0 Å². The van der Waals surface area contributed by atoms with Crippen LogP contribution in [0.2, 0.25) is 0 Å². The fourth-order valence-electron chi connectivity index (χ4n) is 3.23. The van der Waals surface area contributed by atoms with E-state index in [1.807, 2.05) is 0 Å². The number of imide groups is 1. The SMILES string of the molecule is NC(=O)NC(=O)COC(=O)[C@@H]1CS[C@]2(c3ccc(F)cc3)CCC(=O)N12. The van der Waals surface area contributed by atoms with Gasteiger partial charge in [0.2, 0.25) is 5.91 Å². The number of urea groups is 1. The summed E-state index contributed by atoms with van der Waals surface area (Å²) in [5, 5.41) is 1.78. The predicted octanol–water partition coefficient (Wildman–Crippen LogP) is 0.454. The maximum atomic E-state index is 13.2. The van der Waals surface area contributed by atoms with Gasteiger partial charge in [-0.05, 0) is 24.1 Å². The lowest BCUT2D eigenvalue weighted by Crippen LogP contribution is -2.47. The van der Waals surface area contributed by atoms with Gasteiger partial charge in [0.15, 0.2) is 6.61 Å². The molecule has 0 spiro atoms. The number of nitrogens with one attached hydrogen (secondary N) is 1. The van der Waals surface area contributed by atoms with Crippen molar-refractivity contribution in [2.24, 2.45) is 5.73 Å². The molecule has 3 rings (SSSR count). The van der Waals surface area contributed by atoms with Gasteiger partial charge >= 0.3 is 12.0 Å². The Hall–Kier alpha value is -2.62. The summed E-state index contributed by atoms with van der Waals surface area (Å²) in [6.07, 6.45) is 0.754. The molecule has 0 saturated carbocycles. The van der Waals surface area contributed by atoms with E-state index in [0.717, 1.165) is 5.56 Å². The van der Waals surface area contributed by atoms with Gasteiger partial charge < -0.3 is 15.4 Å². The van der Waals surface area contributed by atoms with Crippen LogP contribution in [0.5, 0.6) is 0 Å². The second kappa shape index (κ2) is 6.94. The number of esters is 1. The molecule has 10 heteroatoms. The first-order valence-corrected chi connectivity index (χ1v) is 8.80. The van der Waals surface area contributed by atoms with Crippen LogP contribution in [0, 0.1) is 5.82 Å². The van der Waals surface area contributed by atoms with Gasteiger partial charge in [0, 0.05) is 12.2 Å². The third-order valence-corrected chi connectivity index (χ3v) is 5.90. The number of hydrogen-bond acceptors (Lipinski definition) is 6. The number of carbonyl (C=O) groups is 4. The fraction of sp³-hybridized carbons (Fsp3) is 0.375. The molecule has 2 atom stereocenters. The molecule has 0 radical (unpaired) electrons. The third kappa shape index (κ3) is 3.24. The zero-order chi connectivity index (χ0) is 18.9. The summed E-state index contributed by atoms with van der Waals surface area (Å²) in [6.45, 7) is -0.672. The Bertz CT molecular complexity index is 772. The number of nitrogens with zero attached hydrogens (tertiary/aromatic N) is 1. The molecule has 26 heavy (non-hydrogen) atoms. The molecule has 2 aliphatic rings. The summed E-state index contributed by atoms with van der Waals surface area (Å²) in [7, 11) is 0. The lowest BCUT2D eigenvalue weighted by Gasteiger charge is -2.33. The summed E-state index contributed by atoms with van der Waals surface area (Å²) in [4.78, 5) is 47.4. The van der Waals surface area contributed by atoms with Gasteiger partial charge in [-0.25, -0.2) is 14.0 Å². The number of halogens is 1. The molecule has 8 nitrogen and oxygen atoms in total. The van der Waals surface area contributed by atoms with E-state index < -0.39 is 35.4 Å². The van der Waals surface area contributed by atoms with Crippen molar-refractivity contribution in [3.05, 3.63) is 35.6 Å². The number of carbonyl (C=O) groups excluding carboxylic acids is 4. The normalized spacial score (nSPS) is 24.3. The lowest BCUT2D eigenvalue weighted by molar-refractivity contribution is -0.156. The molecule has 2 fully saturated rings. The highest BCUT2D eigenvalue weighted by atomic mass is 32.2. The number of nitrogens with two attached hydrogens (primary N) is 1. The molecule has 1 aromatic rings. The first-order chi connectivity index (χ1) is 12.3. The van der Waals surface area contributed by atoms with E-state index in [9.17, 15) is 23.6 Å². The van der Waals surface area contributed by atoms with E-state index >= 15 is 0 Å². The average Bonchev–Trinajstić information content (AvgIpc) is 3.12. The molecule has 0 unspecified atom stereocenters. The van der Waals surface area contributed by atoms with Gasteiger partial charge in [0.25, 0.3) is 5.91 Å². The molecule has 0 aliphatic carbocycles. The molecule has 0 bridgehead atoms. The molecular weight excluding hydrogens is 365 g/mol. The Morgan fingerprint density at radius 3 is 2.69 bits per heavy atom. The van der Waals surface area contributed by atoms with Gasteiger partial charge in [0.1, 0.15) is 16.7 Å². The van der Waals surface area contributed by atoms with Gasteiger partial charge in [0.05, 0.1) is 0 Å². The number of primary amides is 1. The van der Waals surface area contributed by atoms with Crippen LogP contribution in [-0.2, 0) is 24.0 Å². The molecule has 3 N–H and O–H groups in total. The van der Waals surface area contributed by atoms with E-state index in [1.54, 1.807) is 17.4 Å². The highest BCUT2D eigenvalue weighted by Gasteiger charge is 2.57. The lowest BCUT2D eigenvalue weighted by atomic mass is 10.0. The van der Waals surface area contributed by atoms with Crippen molar-refractivity contribution in [2.45, 2.75) is 23.8 Å². The topological polar surface area (TPSA) is 119 Å². The zero-order valence-electron chi connectivity index (χ0n) is 13.6. The quantitative estimate of drug-likeness (QED) is 0.731. The largest absolute Gasteiger partial charge is 0.454 e. The van der Waals surface area contributed by atoms with E-state index in [0.29, 0.717) is 12.2 Å². The highest BCUT2D eigenvalue weighted by molar-refractivity contribution is 8.00. The second-order valence-corrected chi connectivity index (χ2v) is 7.20. The third-order valence-electron chi connectivity index (χ3n) is 4.30. The van der Waals surface area contributed by atoms with Crippen LogP contribution in [0.3, 0.4) is 0 Å². The first-order valence-electron chi connectivity index (χ1n) is 7.81. The number of rotatable bonds is 4. The smallest absolute Gasteiger partial charge is 0.330 e. The molecule has 2 aliphatic heterocycles. The summed E-state index contributed by atoms with van der Waals surface area (Å²) >= 11 is 1.41.